The maximum absolute atomic E-state index is 10.6. The summed E-state index contributed by atoms with van der Waals surface area (Å²) >= 11 is 0. The van der Waals surface area contributed by atoms with Gasteiger partial charge in [0.15, 0.2) is 0 Å². The van der Waals surface area contributed by atoms with Gasteiger partial charge >= 0.3 is 5.97 Å². The summed E-state index contributed by atoms with van der Waals surface area (Å²) in [6.07, 6.45) is 6.58. The van der Waals surface area contributed by atoms with Gasteiger partial charge in [-0.05, 0) is 6.42 Å². The van der Waals surface area contributed by atoms with Crippen molar-refractivity contribution < 1.29 is 9.53 Å². The quantitative estimate of drug-likeness (QED) is 0.373. The number of unbranched alkanes of at least 4 members (excludes halogenated alkanes) is 2. The maximum Gasteiger partial charge on any atom is 0.331 e. The molecule has 3 heteroatoms. The first-order valence-electron chi connectivity index (χ1n) is 4.29. The van der Waals surface area contributed by atoms with Crippen LogP contribution in [-0.4, -0.2) is 19.6 Å². The number of methoxy groups -OCH3 is 1. The highest BCUT2D eigenvalue weighted by molar-refractivity contribution is 5.81. The van der Waals surface area contributed by atoms with Crippen LogP contribution in [-0.2, 0) is 9.53 Å². The van der Waals surface area contributed by atoms with Gasteiger partial charge in [-0.25, -0.2) is 4.79 Å². The van der Waals surface area contributed by atoms with Gasteiger partial charge in [0.05, 0.1) is 7.11 Å². The highest BCUT2D eigenvalue weighted by Gasteiger charge is 1.88. The van der Waals surface area contributed by atoms with E-state index in [0.717, 1.165) is 13.0 Å². The fourth-order valence-corrected chi connectivity index (χ4v) is 0.755. The summed E-state index contributed by atoms with van der Waals surface area (Å²) in [6, 6.07) is 0. The second-order valence-electron chi connectivity index (χ2n) is 2.52. The van der Waals surface area contributed by atoms with Gasteiger partial charge in [0, 0.05) is 18.8 Å². The third-order valence-electron chi connectivity index (χ3n) is 1.46. The summed E-state index contributed by atoms with van der Waals surface area (Å²) in [5.74, 6) is -0.321. The van der Waals surface area contributed by atoms with Crippen molar-refractivity contribution in [3.05, 3.63) is 12.3 Å². The molecule has 0 heterocycles. The summed E-state index contributed by atoms with van der Waals surface area (Å²) in [7, 11) is 1.36. The van der Waals surface area contributed by atoms with E-state index in [0.29, 0.717) is 0 Å². The number of hydrogen-bond donors (Lipinski definition) is 1. The molecule has 0 aliphatic carbocycles. The highest BCUT2D eigenvalue weighted by Crippen LogP contribution is 1.90. The molecule has 0 aromatic heterocycles. The van der Waals surface area contributed by atoms with Gasteiger partial charge in [-0.15, -0.1) is 0 Å². The largest absolute Gasteiger partial charge is 0.466 e. The molecule has 0 saturated carbocycles. The first kappa shape index (κ1) is 11.0. The Labute approximate surface area is 73.8 Å². The third kappa shape index (κ3) is 7.12. The van der Waals surface area contributed by atoms with Crippen LogP contribution < -0.4 is 5.32 Å². The van der Waals surface area contributed by atoms with E-state index in [2.05, 4.69) is 17.0 Å². The van der Waals surface area contributed by atoms with Crippen LogP contribution in [0.5, 0.6) is 0 Å². The van der Waals surface area contributed by atoms with Crippen LogP contribution in [0.3, 0.4) is 0 Å². The van der Waals surface area contributed by atoms with E-state index >= 15 is 0 Å². The summed E-state index contributed by atoms with van der Waals surface area (Å²) in [5.41, 5.74) is 0. The van der Waals surface area contributed by atoms with Crippen LogP contribution in [0.15, 0.2) is 12.3 Å². The molecule has 0 saturated heterocycles. The van der Waals surface area contributed by atoms with Crippen molar-refractivity contribution in [1.29, 1.82) is 0 Å². The molecule has 12 heavy (non-hydrogen) atoms. The molecule has 0 atom stereocenters. The van der Waals surface area contributed by atoms with Gasteiger partial charge in [-0.1, -0.05) is 19.8 Å². The zero-order valence-electron chi connectivity index (χ0n) is 7.80. The SMILES string of the molecule is CCCCCNC=CC(=O)OC. The van der Waals surface area contributed by atoms with Crippen molar-refractivity contribution in [3.63, 3.8) is 0 Å². The van der Waals surface area contributed by atoms with E-state index in [1.807, 2.05) is 0 Å². The van der Waals surface area contributed by atoms with Gasteiger partial charge in [0.25, 0.3) is 0 Å². The first-order chi connectivity index (χ1) is 5.81. The lowest BCUT2D eigenvalue weighted by Crippen LogP contribution is -2.07. The van der Waals surface area contributed by atoms with Gasteiger partial charge in [0.2, 0.25) is 0 Å². The van der Waals surface area contributed by atoms with Crippen LogP contribution in [0.25, 0.3) is 0 Å². The van der Waals surface area contributed by atoms with Crippen molar-refractivity contribution in [3.8, 4) is 0 Å². The number of carbonyl (C=O) groups is 1. The maximum atomic E-state index is 10.6. The Bertz CT molecular complexity index is 143. The molecule has 0 bridgehead atoms. The fraction of sp³-hybridized carbons (Fsp3) is 0.667. The Balaban J connectivity index is 3.18. The Morgan fingerprint density at radius 3 is 2.83 bits per heavy atom. The van der Waals surface area contributed by atoms with Crippen molar-refractivity contribution >= 4 is 5.97 Å². The number of ether oxygens (including phenoxy) is 1. The molecule has 0 spiro atoms. The molecule has 0 aromatic rings. The minimum absolute atomic E-state index is 0.321. The fourth-order valence-electron chi connectivity index (χ4n) is 0.755. The average Bonchev–Trinajstić information content (AvgIpc) is 2.10. The zero-order chi connectivity index (χ0) is 9.23. The number of nitrogens with one attached hydrogen (secondary N) is 1. The third-order valence-corrected chi connectivity index (χ3v) is 1.46. The standard InChI is InChI=1S/C9H17NO2/c1-3-4-5-7-10-8-6-9(11)12-2/h6,8,10H,3-5,7H2,1-2H3. The predicted molar refractivity (Wildman–Crippen MR) is 48.7 cm³/mol. The minimum Gasteiger partial charge on any atom is -0.466 e. The lowest BCUT2D eigenvalue weighted by molar-refractivity contribution is -0.134. The number of esters is 1. The molecule has 0 rings (SSSR count). The molecule has 0 aliphatic heterocycles. The lowest BCUT2D eigenvalue weighted by Gasteiger charge is -1.97. The Morgan fingerprint density at radius 2 is 2.25 bits per heavy atom. The number of rotatable bonds is 6. The molecule has 0 radical (unpaired) electrons. The van der Waals surface area contributed by atoms with Gasteiger partial charge in [0.1, 0.15) is 0 Å². The molecule has 0 unspecified atom stereocenters. The normalized spacial score (nSPS) is 10.2. The second-order valence-corrected chi connectivity index (χ2v) is 2.52. The topological polar surface area (TPSA) is 38.3 Å². The number of carbonyl (C=O) groups excluding carboxylic acids is 1. The summed E-state index contributed by atoms with van der Waals surface area (Å²) in [6.45, 7) is 3.08. The second kappa shape index (κ2) is 8.11. The van der Waals surface area contributed by atoms with Crippen LogP contribution in [0.1, 0.15) is 26.2 Å². The Kier molecular flexibility index (Phi) is 7.44. The Hall–Kier alpha value is -0.990. The molecule has 3 nitrogen and oxygen atoms in total. The molecule has 0 aromatic carbocycles. The molecule has 1 N–H and O–H groups in total. The van der Waals surface area contributed by atoms with E-state index in [1.165, 1.54) is 26.0 Å². The molecule has 0 amide bonds. The smallest absolute Gasteiger partial charge is 0.331 e. The van der Waals surface area contributed by atoms with Crippen LogP contribution in [0, 0.1) is 0 Å². The van der Waals surface area contributed by atoms with Crippen molar-refractivity contribution in [1.82, 2.24) is 5.32 Å². The van der Waals surface area contributed by atoms with Gasteiger partial charge < -0.3 is 10.1 Å². The van der Waals surface area contributed by atoms with Crippen LogP contribution >= 0.6 is 0 Å². The molecule has 70 valence electrons. The van der Waals surface area contributed by atoms with Gasteiger partial charge in [-0.3, -0.25) is 0 Å². The van der Waals surface area contributed by atoms with E-state index in [4.69, 9.17) is 0 Å². The highest BCUT2D eigenvalue weighted by atomic mass is 16.5. The first-order valence-corrected chi connectivity index (χ1v) is 4.29. The molecular formula is C9H17NO2. The lowest BCUT2D eigenvalue weighted by atomic mass is 10.2. The van der Waals surface area contributed by atoms with Gasteiger partial charge in [-0.2, -0.15) is 0 Å². The monoisotopic (exact) mass is 171 g/mol. The predicted octanol–water partition coefficient (Wildman–Crippen LogP) is 1.45. The van der Waals surface area contributed by atoms with Crippen molar-refractivity contribution in [2.75, 3.05) is 13.7 Å². The zero-order valence-corrected chi connectivity index (χ0v) is 7.80. The average molecular weight is 171 g/mol. The Morgan fingerprint density at radius 1 is 1.50 bits per heavy atom. The molecule has 0 fully saturated rings. The molecule has 0 aliphatic rings. The van der Waals surface area contributed by atoms with Crippen LogP contribution in [0.4, 0.5) is 0 Å². The van der Waals surface area contributed by atoms with Crippen LogP contribution in [0.2, 0.25) is 0 Å². The van der Waals surface area contributed by atoms with E-state index in [-0.39, 0.29) is 5.97 Å². The minimum atomic E-state index is -0.321. The molecular weight excluding hydrogens is 154 g/mol. The van der Waals surface area contributed by atoms with Crippen molar-refractivity contribution in [2.45, 2.75) is 26.2 Å². The summed E-state index contributed by atoms with van der Waals surface area (Å²) in [5, 5.41) is 3.00. The summed E-state index contributed by atoms with van der Waals surface area (Å²) < 4.78 is 4.41. The summed E-state index contributed by atoms with van der Waals surface area (Å²) in [4.78, 5) is 10.6. The van der Waals surface area contributed by atoms with E-state index in [1.54, 1.807) is 6.20 Å². The number of hydrogen-bond acceptors (Lipinski definition) is 3. The van der Waals surface area contributed by atoms with E-state index < -0.39 is 0 Å². The van der Waals surface area contributed by atoms with Crippen molar-refractivity contribution in [2.24, 2.45) is 0 Å². The van der Waals surface area contributed by atoms with E-state index in [9.17, 15) is 4.79 Å².